The van der Waals surface area contributed by atoms with Crippen molar-refractivity contribution >= 4 is 0 Å². The predicted molar refractivity (Wildman–Crippen MR) is 77.9 cm³/mol. The Morgan fingerprint density at radius 1 is 1.35 bits per heavy atom. The van der Waals surface area contributed by atoms with Crippen LogP contribution in [0.5, 0.6) is 0 Å². The monoisotopic (exact) mass is 278 g/mol. The van der Waals surface area contributed by atoms with Crippen molar-refractivity contribution in [1.29, 1.82) is 10.5 Å². The standard InChI is InChI=1S/C15H26N4O/c1-3-20-10-9-19-8-7-18(12-14(19)2)13-15(11-17)5-4-6-16/h14-15H,3-5,7-10,12-13H2,1-2H3/t14-,15-/m1/s1. The van der Waals surface area contributed by atoms with Crippen LogP contribution < -0.4 is 0 Å². The molecule has 0 bridgehead atoms. The summed E-state index contributed by atoms with van der Waals surface area (Å²) in [5.41, 5.74) is 0. The molecule has 1 aliphatic rings. The fourth-order valence-corrected chi connectivity index (χ4v) is 2.64. The molecule has 0 spiro atoms. The Balaban J connectivity index is 2.31. The molecule has 0 aromatic carbocycles. The molecular weight excluding hydrogens is 252 g/mol. The molecule has 1 saturated heterocycles. The van der Waals surface area contributed by atoms with Crippen molar-refractivity contribution in [3.05, 3.63) is 0 Å². The minimum atomic E-state index is -0.0168. The van der Waals surface area contributed by atoms with Crippen LogP contribution in [0.25, 0.3) is 0 Å². The number of piperazine rings is 1. The van der Waals surface area contributed by atoms with E-state index in [0.29, 0.717) is 18.9 Å². The molecule has 1 aliphatic heterocycles. The quantitative estimate of drug-likeness (QED) is 0.629. The lowest BCUT2D eigenvalue weighted by Crippen LogP contribution is -2.53. The minimum absolute atomic E-state index is 0.0168. The van der Waals surface area contributed by atoms with Gasteiger partial charge in [-0.05, 0) is 20.3 Å². The fourth-order valence-electron chi connectivity index (χ4n) is 2.64. The molecule has 20 heavy (non-hydrogen) atoms. The van der Waals surface area contributed by atoms with Gasteiger partial charge in [0.1, 0.15) is 0 Å². The Hall–Kier alpha value is -1.14. The van der Waals surface area contributed by atoms with E-state index in [4.69, 9.17) is 15.3 Å². The van der Waals surface area contributed by atoms with Gasteiger partial charge < -0.3 is 4.74 Å². The van der Waals surface area contributed by atoms with Gasteiger partial charge in [-0.2, -0.15) is 10.5 Å². The fraction of sp³-hybridized carbons (Fsp3) is 0.867. The highest BCUT2D eigenvalue weighted by Crippen LogP contribution is 2.13. The predicted octanol–water partition coefficient (Wildman–Crippen LogP) is 1.47. The van der Waals surface area contributed by atoms with Crippen LogP contribution in [0.2, 0.25) is 0 Å². The molecule has 0 N–H and O–H groups in total. The molecule has 1 heterocycles. The first-order valence-corrected chi connectivity index (χ1v) is 7.52. The highest BCUT2D eigenvalue weighted by Gasteiger charge is 2.24. The second-order valence-corrected chi connectivity index (χ2v) is 5.36. The highest BCUT2D eigenvalue weighted by atomic mass is 16.5. The normalized spacial score (nSPS) is 22.1. The first kappa shape index (κ1) is 16.9. The number of hydrogen-bond acceptors (Lipinski definition) is 5. The van der Waals surface area contributed by atoms with Crippen LogP contribution in [0.1, 0.15) is 26.7 Å². The van der Waals surface area contributed by atoms with Crippen LogP contribution in [0.15, 0.2) is 0 Å². The lowest BCUT2D eigenvalue weighted by molar-refractivity contribution is 0.0459. The van der Waals surface area contributed by atoms with Gasteiger partial charge in [0.2, 0.25) is 0 Å². The summed E-state index contributed by atoms with van der Waals surface area (Å²) in [4.78, 5) is 4.80. The summed E-state index contributed by atoms with van der Waals surface area (Å²) >= 11 is 0. The van der Waals surface area contributed by atoms with Crippen molar-refractivity contribution in [3.8, 4) is 12.1 Å². The highest BCUT2D eigenvalue weighted by molar-refractivity contribution is 4.90. The third-order valence-electron chi connectivity index (χ3n) is 3.84. The third-order valence-corrected chi connectivity index (χ3v) is 3.84. The summed E-state index contributed by atoms with van der Waals surface area (Å²) in [6, 6.07) is 4.95. The van der Waals surface area contributed by atoms with Gasteiger partial charge >= 0.3 is 0 Å². The summed E-state index contributed by atoms with van der Waals surface area (Å²) in [5.74, 6) is -0.0168. The Morgan fingerprint density at radius 3 is 2.75 bits per heavy atom. The van der Waals surface area contributed by atoms with Gasteiger partial charge in [-0.3, -0.25) is 9.80 Å². The second kappa shape index (κ2) is 9.72. The number of nitrogens with zero attached hydrogens (tertiary/aromatic N) is 4. The molecule has 1 fully saturated rings. The molecule has 0 radical (unpaired) electrons. The number of nitriles is 2. The van der Waals surface area contributed by atoms with Gasteiger partial charge in [0.15, 0.2) is 0 Å². The maximum Gasteiger partial charge on any atom is 0.0669 e. The lowest BCUT2D eigenvalue weighted by atomic mass is 10.0. The average Bonchev–Trinajstić information content (AvgIpc) is 2.45. The van der Waals surface area contributed by atoms with Crippen molar-refractivity contribution in [3.63, 3.8) is 0 Å². The summed E-state index contributed by atoms with van der Waals surface area (Å²) in [6.45, 7) is 10.6. The van der Waals surface area contributed by atoms with Gasteiger partial charge in [0.25, 0.3) is 0 Å². The van der Waals surface area contributed by atoms with E-state index in [1.54, 1.807) is 0 Å². The topological polar surface area (TPSA) is 63.3 Å². The SMILES string of the molecule is CCOCCN1CCN(C[C@@H](C#N)CCC#N)C[C@H]1C. The lowest BCUT2D eigenvalue weighted by Gasteiger charge is -2.40. The summed E-state index contributed by atoms with van der Waals surface area (Å²) in [6.07, 6.45) is 1.16. The number of hydrogen-bond donors (Lipinski definition) is 0. The zero-order chi connectivity index (χ0) is 14.8. The molecule has 0 saturated carbocycles. The first-order chi connectivity index (χ1) is 9.71. The van der Waals surface area contributed by atoms with E-state index in [1.807, 2.05) is 6.92 Å². The molecule has 5 nitrogen and oxygen atoms in total. The maximum absolute atomic E-state index is 9.13. The van der Waals surface area contributed by atoms with Gasteiger partial charge in [-0.15, -0.1) is 0 Å². The van der Waals surface area contributed by atoms with Gasteiger partial charge in [0.05, 0.1) is 24.7 Å². The molecule has 112 valence electrons. The number of rotatable bonds is 8. The zero-order valence-corrected chi connectivity index (χ0v) is 12.7. The van der Waals surface area contributed by atoms with Gasteiger partial charge in [-0.25, -0.2) is 0 Å². The Morgan fingerprint density at radius 2 is 2.15 bits per heavy atom. The second-order valence-electron chi connectivity index (χ2n) is 5.36. The molecular formula is C15H26N4O. The maximum atomic E-state index is 9.13. The third kappa shape index (κ3) is 5.88. The average molecular weight is 278 g/mol. The molecule has 0 unspecified atom stereocenters. The summed E-state index contributed by atoms with van der Waals surface area (Å²) < 4.78 is 5.41. The van der Waals surface area contributed by atoms with E-state index in [1.165, 1.54) is 0 Å². The molecule has 2 atom stereocenters. The molecule has 1 rings (SSSR count). The van der Waals surface area contributed by atoms with Crippen molar-refractivity contribution in [2.24, 2.45) is 5.92 Å². The molecule has 0 amide bonds. The Labute approximate surface area is 122 Å². The zero-order valence-electron chi connectivity index (χ0n) is 12.7. The van der Waals surface area contributed by atoms with E-state index in [0.717, 1.165) is 45.9 Å². The van der Waals surface area contributed by atoms with Crippen molar-refractivity contribution in [2.45, 2.75) is 32.7 Å². The summed E-state index contributed by atoms with van der Waals surface area (Å²) in [7, 11) is 0. The smallest absolute Gasteiger partial charge is 0.0669 e. The van der Waals surface area contributed by atoms with Gasteiger partial charge in [-0.1, -0.05) is 0 Å². The molecule has 5 heteroatoms. The van der Waals surface area contributed by atoms with Crippen LogP contribution in [-0.4, -0.2) is 61.8 Å². The molecule has 0 aromatic heterocycles. The van der Waals surface area contributed by atoms with Crippen molar-refractivity contribution in [2.75, 3.05) is 45.9 Å². The first-order valence-electron chi connectivity index (χ1n) is 7.52. The number of ether oxygens (including phenoxy) is 1. The van der Waals surface area contributed by atoms with Crippen LogP contribution >= 0.6 is 0 Å². The molecule has 0 aliphatic carbocycles. The molecule has 0 aromatic rings. The van der Waals surface area contributed by atoms with E-state index in [2.05, 4.69) is 28.9 Å². The Kier molecular flexibility index (Phi) is 8.22. The van der Waals surface area contributed by atoms with Crippen molar-refractivity contribution in [1.82, 2.24) is 9.80 Å². The van der Waals surface area contributed by atoms with E-state index in [9.17, 15) is 0 Å². The van der Waals surface area contributed by atoms with E-state index in [-0.39, 0.29) is 5.92 Å². The van der Waals surface area contributed by atoms with Crippen molar-refractivity contribution < 1.29 is 4.74 Å². The van der Waals surface area contributed by atoms with Gasteiger partial charge in [0, 0.05) is 51.8 Å². The minimum Gasteiger partial charge on any atom is -0.380 e. The van der Waals surface area contributed by atoms with Crippen LogP contribution in [0.4, 0.5) is 0 Å². The van der Waals surface area contributed by atoms with E-state index >= 15 is 0 Å². The summed E-state index contributed by atoms with van der Waals surface area (Å²) in [5, 5.41) is 17.7. The van der Waals surface area contributed by atoms with E-state index < -0.39 is 0 Å². The Bertz CT molecular complexity index is 347. The van der Waals surface area contributed by atoms with Crippen LogP contribution in [0, 0.1) is 28.6 Å². The van der Waals surface area contributed by atoms with Crippen LogP contribution in [0.3, 0.4) is 0 Å². The van der Waals surface area contributed by atoms with Crippen LogP contribution in [-0.2, 0) is 4.74 Å². The largest absolute Gasteiger partial charge is 0.380 e.